The second kappa shape index (κ2) is 18.3. The number of halogens is 3. The van der Waals surface area contributed by atoms with E-state index in [2.05, 4.69) is 25.1 Å². The van der Waals surface area contributed by atoms with Gasteiger partial charge in [0.1, 0.15) is 36.0 Å². The number of hydrogen-bond donors (Lipinski definition) is 3. The number of rotatable bonds is 15. The SMILES string of the molecule is O=C1CCC(N2Cc3cc(N4CCN(CCOCCOc5ccc(-c6cnc7[nH]cc(C(=O)c8c(F)ccc(NS(=O)(=O)N9CC[C@@H](F)C9)c8F)c7c6)cc5)CC4)ccc3C2=O)C(=O)N1. The molecule has 3 fully saturated rings. The Bertz CT molecular complexity index is 2780. The van der Waals surface area contributed by atoms with Crippen LogP contribution in [0.3, 0.4) is 0 Å². The number of hydrogen-bond acceptors (Lipinski definition) is 11. The number of piperazine rings is 1. The largest absolute Gasteiger partial charge is 0.491 e. The number of carbonyl (C=O) groups is 4. The molecule has 6 heterocycles. The third kappa shape index (κ3) is 9.15. The van der Waals surface area contributed by atoms with Crippen LogP contribution in [0.5, 0.6) is 5.75 Å². The Hall–Kier alpha value is -6.35. The minimum absolute atomic E-state index is 0.00465. The van der Waals surface area contributed by atoms with Crippen LogP contribution in [-0.2, 0) is 31.1 Å². The number of H-pyrrole nitrogens is 1. The topological polar surface area (TPSA) is 187 Å². The van der Waals surface area contributed by atoms with Gasteiger partial charge in [-0.15, -0.1) is 0 Å². The van der Waals surface area contributed by atoms with Gasteiger partial charge in [-0.05, 0) is 72.5 Å². The van der Waals surface area contributed by atoms with Crippen molar-refractivity contribution >= 4 is 56.1 Å². The summed E-state index contributed by atoms with van der Waals surface area (Å²) in [6.45, 7) is 5.14. The van der Waals surface area contributed by atoms with E-state index in [1.165, 1.54) is 6.20 Å². The fraction of sp³-hybridized carbons (Fsp3) is 0.356. The summed E-state index contributed by atoms with van der Waals surface area (Å²) in [4.78, 5) is 64.2. The molecule has 3 N–H and O–H groups in total. The molecule has 5 aromatic rings. The lowest BCUT2D eigenvalue weighted by atomic mass is 10.00. The maximum Gasteiger partial charge on any atom is 0.301 e. The van der Waals surface area contributed by atoms with E-state index < -0.39 is 63.5 Å². The summed E-state index contributed by atoms with van der Waals surface area (Å²) in [6.07, 6.45) is 2.06. The zero-order valence-electron chi connectivity index (χ0n) is 35.0. The average Bonchev–Trinajstić information content (AvgIpc) is 4.03. The molecular weight excluding hydrogens is 870 g/mol. The van der Waals surface area contributed by atoms with Gasteiger partial charge in [0.25, 0.3) is 5.91 Å². The number of fused-ring (bicyclic) bond motifs is 2. The van der Waals surface area contributed by atoms with Crippen LogP contribution in [0.2, 0.25) is 0 Å². The zero-order chi connectivity index (χ0) is 45.4. The van der Waals surface area contributed by atoms with Crippen LogP contribution in [0.4, 0.5) is 24.5 Å². The summed E-state index contributed by atoms with van der Waals surface area (Å²) in [6, 6.07) is 15.7. The van der Waals surface area contributed by atoms with Gasteiger partial charge in [-0.2, -0.15) is 12.7 Å². The number of imide groups is 1. The molecule has 340 valence electrons. The highest BCUT2D eigenvalue weighted by molar-refractivity contribution is 7.90. The van der Waals surface area contributed by atoms with Gasteiger partial charge in [-0.25, -0.2) is 18.2 Å². The van der Waals surface area contributed by atoms with Crippen molar-refractivity contribution in [2.75, 3.05) is 75.3 Å². The van der Waals surface area contributed by atoms with Crippen LogP contribution in [0, 0.1) is 11.6 Å². The second-order valence-corrected chi connectivity index (χ2v) is 18.0. The maximum absolute atomic E-state index is 15.7. The summed E-state index contributed by atoms with van der Waals surface area (Å²) in [5, 5.41) is 2.63. The van der Waals surface area contributed by atoms with E-state index in [1.807, 2.05) is 35.1 Å². The number of carbonyl (C=O) groups excluding carboxylic acids is 4. The zero-order valence-corrected chi connectivity index (χ0v) is 35.8. The molecule has 3 saturated heterocycles. The summed E-state index contributed by atoms with van der Waals surface area (Å²) >= 11 is 0. The molecule has 1 unspecified atom stereocenters. The molecule has 2 aromatic heterocycles. The predicted octanol–water partition coefficient (Wildman–Crippen LogP) is 4.42. The normalized spacial score (nSPS) is 19.5. The first-order valence-electron chi connectivity index (χ1n) is 21.3. The molecule has 0 aliphatic carbocycles. The summed E-state index contributed by atoms with van der Waals surface area (Å²) in [5.74, 6) is -3.93. The highest BCUT2D eigenvalue weighted by Gasteiger charge is 2.39. The Kier molecular flexibility index (Phi) is 12.3. The number of aromatic nitrogens is 2. The number of nitrogens with one attached hydrogen (secondary N) is 3. The van der Waals surface area contributed by atoms with Crippen molar-refractivity contribution in [3.05, 3.63) is 107 Å². The van der Waals surface area contributed by atoms with Crippen molar-refractivity contribution < 1.29 is 50.2 Å². The molecule has 0 bridgehead atoms. The van der Waals surface area contributed by atoms with Gasteiger partial charge >= 0.3 is 10.2 Å². The first-order valence-corrected chi connectivity index (χ1v) is 22.7. The number of anilines is 2. The molecule has 0 radical (unpaired) electrons. The first kappa shape index (κ1) is 43.9. The van der Waals surface area contributed by atoms with Crippen molar-refractivity contribution in [1.82, 2.24) is 29.4 Å². The fourth-order valence-electron chi connectivity index (χ4n) is 8.68. The van der Waals surface area contributed by atoms with E-state index in [0.29, 0.717) is 60.7 Å². The van der Waals surface area contributed by atoms with E-state index in [0.717, 1.165) is 66.0 Å². The van der Waals surface area contributed by atoms with Gasteiger partial charge in [0.05, 0.1) is 24.5 Å². The number of ether oxygens (including phenoxy) is 2. The molecule has 20 heteroatoms. The van der Waals surface area contributed by atoms with Crippen molar-refractivity contribution in [1.29, 1.82) is 0 Å². The Balaban J connectivity index is 0.731. The van der Waals surface area contributed by atoms with Gasteiger partial charge in [0, 0.05) is 98.9 Å². The smallest absolute Gasteiger partial charge is 0.301 e. The van der Waals surface area contributed by atoms with E-state index in [4.69, 9.17) is 9.47 Å². The van der Waals surface area contributed by atoms with Crippen molar-refractivity contribution in [2.24, 2.45) is 0 Å². The number of piperidine rings is 1. The fourth-order valence-corrected chi connectivity index (χ4v) is 9.95. The lowest BCUT2D eigenvalue weighted by Gasteiger charge is -2.36. The van der Waals surface area contributed by atoms with Crippen LogP contribution in [0.15, 0.2) is 73.1 Å². The second-order valence-electron chi connectivity index (χ2n) is 16.3. The Labute approximate surface area is 371 Å². The number of aromatic amines is 1. The Morgan fingerprint density at radius 3 is 2.46 bits per heavy atom. The minimum atomic E-state index is -4.36. The van der Waals surface area contributed by atoms with Gasteiger partial charge in [0.2, 0.25) is 17.6 Å². The highest BCUT2D eigenvalue weighted by atomic mass is 32.2. The Morgan fingerprint density at radius 1 is 0.908 bits per heavy atom. The number of benzene rings is 3. The summed E-state index contributed by atoms with van der Waals surface area (Å²) in [7, 11) is -4.36. The highest BCUT2D eigenvalue weighted by Crippen LogP contribution is 2.33. The number of alkyl halides is 1. The molecule has 3 amide bonds. The van der Waals surface area contributed by atoms with Crippen LogP contribution < -0.4 is 19.7 Å². The van der Waals surface area contributed by atoms with Gasteiger partial charge < -0.3 is 24.3 Å². The van der Waals surface area contributed by atoms with E-state index >= 15 is 8.78 Å². The first-order chi connectivity index (χ1) is 31.3. The third-order valence-corrected chi connectivity index (χ3v) is 13.7. The molecule has 9 rings (SSSR count). The van der Waals surface area contributed by atoms with Crippen LogP contribution in [-0.4, -0.2) is 134 Å². The molecule has 0 saturated carbocycles. The van der Waals surface area contributed by atoms with Gasteiger partial charge in [-0.1, -0.05) is 12.1 Å². The third-order valence-electron chi connectivity index (χ3n) is 12.2. The molecule has 2 atom stereocenters. The van der Waals surface area contributed by atoms with E-state index in [-0.39, 0.29) is 36.8 Å². The summed E-state index contributed by atoms with van der Waals surface area (Å²) in [5.41, 5.74) is 2.47. The quantitative estimate of drug-likeness (QED) is 0.0768. The van der Waals surface area contributed by atoms with Crippen LogP contribution in [0.1, 0.15) is 51.1 Å². The van der Waals surface area contributed by atoms with Gasteiger partial charge in [0.15, 0.2) is 5.82 Å². The molecule has 16 nitrogen and oxygen atoms in total. The molecule has 3 aromatic carbocycles. The molecular formula is C45H45F3N8O8S. The minimum Gasteiger partial charge on any atom is -0.491 e. The lowest BCUT2D eigenvalue weighted by Crippen LogP contribution is -2.52. The van der Waals surface area contributed by atoms with Crippen molar-refractivity contribution in [2.45, 2.75) is 38.0 Å². The number of ketones is 1. The molecule has 0 spiro atoms. The average molecular weight is 915 g/mol. The van der Waals surface area contributed by atoms with Gasteiger partial charge in [-0.3, -0.25) is 34.1 Å². The van der Waals surface area contributed by atoms with Crippen LogP contribution >= 0.6 is 0 Å². The Morgan fingerprint density at radius 2 is 1.71 bits per heavy atom. The molecule has 4 aliphatic rings. The lowest BCUT2D eigenvalue weighted by molar-refractivity contribution is -0.136. The summed E-state index contributed by atoms with van der Waals surface area (Å²) < 4.78 is 84.6. The van der Waals surface area contributed by atoms with Crippen molar-refractivity contribution in [3.63, 3.8) is 0 Å². The van der Waals surface area contributed by atoms with Crippen LogP contribution in [0.25, 0.3) is 22.2 Å². The van der Waals surface area contributed by atoms with E-state index in [1.54, 1.807) is 29.3 Å². The number of pyridine rings is 1. The molecule has 4 aliphatic heterocycles. The molecule has 65 heavy (non-hydrogen) atoms. The predicted molar refractivity (Wildman–Crippen MR) is 232 cm³/mol. The number of amides is 3. The van der Waals surface area contributed by atoms with E-state index in [9.17, 15) is 32.0 Å². The number of nitrogens with zero attached hydrogens (tertiary/aromatic N) is 5. The maximum atomic E-state index is 15.7. The standard InChI is InChI=1S/C45H45F3N8O8S/c46-30-11-12-55(26-30)65(61,62)52-37-8-7-36(47)40(41(37)48)42(58)35-24-50-43-34(35)22-28(23-49-43)27-1-4-32(5-2-27)64-20-19-63-18-17-53-13-15-54(16-14-53)31-3-6-33-29(21-31)25-56(45(33)60)38-9-10-39(57)51-44(38)59/h1-8,21-24,30,38,52H,9-20,25-26H2,(H,49,50)(H,51,57,59)/t30-,38?/m1/s1. The van der Waals surface area contributed by atoms with Crippen molar-refractivity contribution in [3.8, 4) is 16.9 Å². The monoisotopic (exact) mass is 914 g/mol.